The van der Waals surface area contributed by atoms with Crippen molar-refractivity contribution in [2.45, 2.75) is 12.8 Å². The molecule has 0 aromatic carbocycles. The van der Waals surface area contributed by atoms with Gasteiger partial charge in [-0.1, -0.05) is 0 Å². The van der Waals surface area contributed by atoms with Gasteiger partial charge in [0.15, 0.2) is 0 Å². The highest BCUT2D eigenvalue weighted by Gasteiger charge is 2.23. The van der Waals surface area contributed by atoms with Gasteiger partial charge in [-0.25, -0.2) is 4.79 Å². The van der Waals surface area contributed by atoms with Gasteiger partial charge in [0.05, 0.1) is 5.00 Å². The van der Waals surface area contributed by atoms with Gasteiger partial charge in [-0.3, -0.25) is 4.79 Å². The second-order valence-corrected chi connectivity index (χ2v) is 4.15. The summed E-state index contributed by atoms with van der Waals surface area (Å²) in [6.07, 6.45) is 1.43. The molecular formula is C9H9NO3S. The average Bonchev–Trinajstić information content (AvgIpc) is 2.71. The number of hydrogen-bond donors (Lipinski definition) is 1. The van der Waals surface area contributed by atoms with E-state index in [1.54, 1.807) is 11.0 Å². The number of carboxylic acids is 1. The molecule has 2 heterocycles. The molecule has 0 atom stereocenters. The number of carbonyl (C=O) groups excluding carboxylic acids is 1. The van der Waals surface area contributed by atoms with Crippen molar-refractivity contribution < 1.29 is 14.7 Å². The summed E-state index contributed by atoms with van der Waals surface area (Å²) < 4.78 is 0. The van der Waals surface area contributed by atoms with Gasteiger partial charge in [-0.2, -0.15) is 0 Å². The molecule has 4 nitrogen and oxygen atoms in total. The molecule has 5 heteroatoms. The normalized spacial score (nSPS) is 16.3. The molecule has 1 aliphatic rings. The molecular weight excluding hydrogens is 202 g/mol. The molecule has 0 radical (unpaired) electrons. The van der Waals surface area contributed by atoms with Gasteiger partial charge in [-0.15, -0.1) is 11.3 Å². The largest absolute Gasteiger partial charge is 0.477 e. The molecule has 1 aromatic rings. The van der Waals surface area contributed by atoms with E-state index < -0.39 is 5.97 Å². The van der Waals surface area contributed by atoms with Crippen molar-refractivity contribution in [3.63, 3.8) is 0 Å². The van der Waals surface area contributed by atoms with Gasteiger partial charge < -0.3 is 10.0 Å². The number of nitrogens with zero attached hydrogens (tertiary/aromatic N) is 1. The summed E-state index contributed by atoms with van der Waals surface area (Å²) in [5.74, 6) is -0.850. The van der Waals surface area contributed by atoms with Crippen molar-refractivity contribution in [1.82, 2.24) is 0 Å². The average molecular weight is 211 g/mol. The smallest absolute Gasteiger partial charge is 0.345 e. The van der Waals surface area contributed by atoms with Gasteiger partial charge in [-0.05, 0) is 18.6 Å². The first-order valence-corrected chi connectivity index (χ1v) is 5.13. The summed E-state index contributed by atoms with van der Waals surface area (Å²) in [6, 6.07) is 3.23. The van der Waals surface area contributed by atoms with E-state index in [1.165, 1.54) is 6.07 Å². The Hall–Kier alpha value is -1.36. The maximum absolute atomic E-state index is 11.3. The highest BCUT2D eigenvalue weighted by atomic mass is 32.1. The van der Waals surface area contributed by atoms with Gasteiger partial charge in [0, 0.05) is 13.0 Å². The number of aromatic carboxylic acids is 1. The standard InChI is InChI=1S/C9H9NO3S/c11-7-2-1-5-10(7)8-4-3-6(14-8)9(12)13/h3-4H,1-2,5H2,(H,12,13). The minimum Gasteiger partial charge on any atom is -0.477 e. The number of carboxylic acid groups (broad SMARTS) is 1. The Morgan fingerprint density at radius 1 is 1.50 bits per heavy atom. The highest BCUT2D eigenvalue weighted by Crippen LogP contribution is 2.29. The number of anilines is 1. The summed E-state index contributed by atoms with van der Waals surface area (Å²) in [4.78, 5) is 23.9. The zero-order valence-electron chi connectivity index (χ0n) is 7.40. The minimum atomic E-state index is -0.937. The van der Waals surface area contributed by atoms with Crippen molar-refractivity contribution in [2.24, 2.45) is 0 Å². The van der Waals surface area contributed by atoms with E-state index in [1.807, 2.05) is 0 Å². The SMILES string of the molecule is O=C(O)c1ccc(N2CCCC2=O)s1. The lowest BCUT2D eigenvalue weighted by Crippen LogP contribution is -2.22. The number of rotatable bonds is 2. The Kier molecular flexibility index (Phi) is 2.25. The lowest BCUT2D eigenvalue weighted by Gasteiger charge is -2.11. The van der Waals surface area contributed by atoms with Crippen LogP contribution < -0.4 is 4.90 Å². The molecule has 1 N–H and O–H groups in total. The Morgan fingerprint density at radius 3 is 2.79 bits per heavy atom. The maximum Gasteiger partial charge on any atom is 0.345 e. The van der Waals surface area contributed by atoms with Crippen LogP contribution in [0.25, 0.3) is 0 Å². The summed E-state index contributed by atoms with van der Waals surface area (Å²) >= 11 is 1.15. The zero-order valence-corrected chi connectivity index (χ0v) is 8.21. The number of carbonyl (C=O) groups is 2. The second kappa shape index (κ2) is 3.42. The predicted octanol–water partition coefficient (Wildman–Crippen LogP) is 1.57. The van der Waals surface area contributed by atoms with Gasteiger partial charge in [0.2, 0.25) is 5.91 Å². The lowest BCUT2D eigenvalue weighted by atomic mass is 10.4. The Morgan fingerprint density at radius 2 is 2.29 bits per heavy atom. The topological polar surface area (TPSA) is 57.6 Å². The Balaban J connectivity index is 2.24. The minimum absolute atomic E-state index is 0.0868. The van der Waals surface area contributed by atoms with Crippen molar-refractivity contribution in [3.05, 3.63) is 17.0 Å². The van der Waals surface area contributed by atoms with Crippen LogP contribution in [0.5, 0.6) is 0 Å². The van der Waals surface area contributed by atoms with Crippen LogP contribution in [0.15, 0.2) is 12.1 Å². The fourth-order valence-electron chi connectivity index (χ4n) is 1.47. The van der Waals surface area contributed by atoms with Crippen LogP contribution in [-0.4, -0.2) is 23.5 Å². The van der Waals surface area contributed by atoms with Crippen molar-refractivity contribution in [1.29, 1.82) is 0 Å². The third-order valence-electron chi connectivity index (χ3n) is 2.14. The molecule has 0 unspecified atom stereocenters. The van der Waals surface area contributed by atoms with E-state index in [9.17, 15) is 9.59 Å². The molecule has 1 fully saturated rings. The first-order chi connectivity index (χ1) is 6.68. The monoisotopic (exact) mass is 211 g/mol. The predicted molar refractivity (Wildman–Crippen MR) is 52.9 cm³/mol. The van der Waals surface area contributed by atoms with Crippen LogP contribution in [-0.2, 0) is 4.79 Å². The quantitative estimate of drug-likeness (QED) is 0.807. The fraction of sp³-hybridized carbons (Fsp3) is 0.333. The molecule has 0 aliphatic carbocycles. The van der Waals surface area contributed by atoms with Crippen LogP contribution in [0, 0.1) is 0 Å². The molecule has 14 heavy (non-hydrogen) atoms. The molecule has 2 rings (SSSR count). The second-order valence-electron chi connectivity index (χ2n) is 3.09. The summed E-state index contributed by atoms with van der Waals surface area (Å²) in [5, 5.41) is 9.45. The number of thiophene rings is 1. The third kappa shape index (κ3) is 1.50. The first kappa shape index (κ1) is 9.21. The molecule has 74 valence electrons. The van der Waals surface area contributed by atoms with Crippen molar-refractivity contribution in [2.75, 3.05) is 11.4 Å². The van der Waals surface area contributed by atoms with E-state index in [0.29, 0.717) is 13.0 Å². The molecule has 1 amide bonds. The molecule has 1 aliphatic heterocycles. The molecule has 1 aromatic heterocycles. The molecule has 0 saturated carbocycles. The Labute approximate surface area is 84.8 Å². The van der Waals surface area contributed by atoms with E-state index in [4.69, 9.17) is 5.11 Å². The van der Waals surface area contributed by atoms with Gasteiger partial charge in [0.25, 0.3) is 0 Å². The van der Waals surface area contributed by atoms with Crippen LogP contribution >= 0.6 is 11.3 Å². The van der Waals surface area contributed by atoms with Crippen LogP contribution in [0.1, 0.15) is 22.5 Å². The van der Waals surface area contributed by atoms with Crippen LogP contribution in [0.4, 0.5) is 5.00 Å². The zero-order chi connectivity index (χ0) is 10.1. The van der Waals surface area contributed by atoms with Crippen molar-refractivity contribution in [3.8, 4) is 0 Å². The van der Waals surface area contributed by atoms with E-state index in [-0.39, 0.29) is 10.8 Å². The summed E-state index contributed by atoms with van der Waals surface area (Å²) in [6.45, 7) is 0.707. The van der Waals surface area contributed by atoms with E-state index >= 15 is 0 Å². The Bertz CT molecular complexity index is 385. The molecule has 1 saturated heterocycles. The van der Waals surface area contributed by atoms with E-state index in [0.717, 1.165) is 22.8 Å². The van der Waals surface area contributed by atoms with Crippen molar-refractivity contribution >= 4 is 28.2 Å². The number of amides is 1. The fourth-order valence-corrected chi connectivity index (χ4v) is 2.36. The highest BCUT2D eigenvalue weighted by molar-refractivity contribution is 7.18. The summed E-state index contributed by atoms with van der Waals surface area (Å²) in [5.41, 5.74) is 0. The van der Waals surface area contributed by atoms with E-state index in [2.05, 4.69) is 0 Å². The third-order valence-corrected chi connectivity index (χ3v) is 3.24. The lowest BCUT2D eigenvalue weighted by molar-refractivity contribution is -0.117. The molecule has 0 spiro atoms. The van der Waals surface area contributed by atoms with Gasteiger partial charge in [0.1, 0.15) is 4.88 Å². The van der Waals surface area contributed by atoms with Crippen LogP contribution in [0.2, 0.25) is 0 Å². The maximum atomic E-state index is 11.3. The van der Waals surface area contributed by atoms with Gasteiger partial charge >= 0.3 is 5.97 Å². The van der Waals surface area contributed by atoms with Crippen LogP contribution in [0.3, 0.4) is 0 Å². The summed E-state index contributed by atoms with van der Waals surface area (Å²) in [7, 11) is 0. The first-order valence-electron chi connectivity index (χ1n) is 4.32. The molecule has 0 bridgehead atoms. The number of hydrogen-bond acceptors (Lipinski definition) is 3.